The number of anilines is 1. The summed E-state index contributed by atoms with van der Waals surface area (Å²) in [5.41, 5.74) is 9.64. The van der Waals surface area contributed by atoms with Crippen LogP contribution in [-0.4, -0.2) is 11.8 Å². The molecule has 1 unspecified atom stereocenters. The second-order valence-electron chi connectivity index (χ2n) is 9.52. The molecule has 3 rings (SSSR count). The Morgan fingerprint density at radius 3 is 2.43 bits per heavy atom. The standard InChI is InChI=1S/C25H32N2O2S/c1-15(2)17-9-6-16(7-10-17)8-13-21(28)27-24-22(23(26)29)19-12-11-18(25(3,4)5)14-20(19)30-24/h6-10,13,15,18H,11-12,14H2,1-5H3,(H2,26,29)(H,27,28). The summed E-state index contributed by atoms with van der Waals surface area (Å²) in [4.78, 5) is 25.8. The lowest BCUT2D eigenvalue weighted by Crippen LogP contribution is -2.27. The van der Waals surface area contributed by atoms with Crippen molar-refractivity contribution in [3.8, 4) is 0 Å². The molecule has 0 fully saturated rings. The number of hydrogen-bond donors (Lipinski definition) is 2. The fraction of sp³-hybridized carbons (Fsp3) is 0.440. The Labute approximate surface area is 183 Å². The highest BCUT2D eigenvalue weighted by Crippen LogP contribution is 2.44. The summed E-state index contributed by atoms with van der Waals surface area (Å²) in [5.74, 6) is 0.310. The van der Waals surface area contributed by atoms with Gasteiger partial charge in [-0.05, 0) is 59.3 Å². The molecule has 0 bridgehead atoms. The van der Waals surface area contributed by atoms with Gasteiger partial charge in [-0.1, -0.05) is 58.9 Å². The zero-order valence-corrected chi connectivity index (χ0v) is 19.4. The number of primary amides is 1. The number of benzene rings is 1. The van der Waals surface area contributed by atoms with Crippen LogP contribution in [0.15, 0.2) is 30.3 Å². The van der Waals surface area contributed by atoms with Gasteiger partial charge in [-0.15, -0.1) is 11.3 Å². The molecule has 1 aromatic carbocycles. The van der Waals surface area contributed by atoms with E-state index in [1.165, 1.54) is 27.9 Å². The molecular formula is C25H32N2O2S. The molecule has 2 aromatic rings. The van der Waals surface area contributed by atoms with Gasteiger partial charge in [0.1, 0.15) is 5.00 Å². The van der Waals surface area contributed by atoms with Crippen molar-refractivity contribution in [3.05, 3.63) is 57.5 Å². The van der Waals surface area contributed by atoms with Gasteiger partial charge in [0.15, 0.2) is 0 Å². The molecule has 0 radical (unpaired) electrons. The van der Waals surface area contributed by atoms with E-state index in [4.69, 9.17) is 5.73 Å². The van der Waals surface area contributed by atoms with Crippen LogP contribution in [0.2, 0.25) is 0 Å². The number of nitrogens with one attached hydrogen (secondary N) is 1. The first-order valence-electron chi connectivity index (χ1n) is 10.6. The Bertz CT molecular complexity index is 962. The molecule has 2 amide bonds. The number of amides is 2. The van der Waals surface area contributed by atoms with Gasteiger partial charge in [-0.25, -0.2) is 0 Å². The van der Waals surface area contributed by atoms with Crippen molar-refractivity contribution >= 4 is 34.2 Å². The lowest BCUT2D eigenvalue weighted by Gasteiger charge is -2.33. The fourth-order valence-electron chi connectivity index (χ4n) is 3.99. The van der Waals surface area contributed by atoms with Gasteiger partial charge >= 0.3 is 0 Å². The number of carbonyl (C=O) groups excluding carboxylic acids is 2. The molecule has 0 saturated heterocycles. The molecular weight excluding hydrogens is 392 g/mol. The maximum Gasteiger partial charge on any atom is 0.251 e. The summed E-state index contributed by atoms with van der Waals surface area (Å²) >= 11 is 1.50. The van der Waals surface area contributed by atoms with E-state index in [1.54, 1.807) is 6.08 Å². The van der Waals surface area contributed by atoms with Crippen LogP contribution in [0.1, 0.15) is 78.9 Å². The van der Waals surface area contributed by atoms with E-state index in [-0.39, 0.29) is 11.3 Å². The average Bonchev–Trinajstić information content (AvgIpc) is 3.03. The Hall–Kier alpha value is -2.40. The summed E-state index contributed by atoms with van der Waals surface area (Å²) < 4.78 is 0. The number of thiophene rings is 1. The van der Waals surface area contributed by atoms with Gasteiger partial charge in [-0.2, -0.15) is 0 Å². The predicted octanol–water partition coefficient (Wildman–Crippen LogP) is 5.77. The minimum absolute atomic E-state index is 0.214. The van der Waals surface area contributed by atoms with Crippen LogP contribution < -0.4 is 11.1 Å². The number of rotatable bonds is 5. The molecule has 160 valence electrons. The van der Waals surface area contributed by atoms with Crippen molar-refractivity contribution in [2.24, 2.45) is 17.1 Å². The fourth-order valence-corrected chi connectivity index (χ4v) is 5.33. The number of fused-ring (bicyclic) bond motifs is 1. The topological polar surface area (TPSA) is 72.2 Å². The third kappa shape index (κ3) is 5.01. The first kappa shape index (κ1) is 22.3. The molecule has 3 N–H and O–H groups in total. The van der Waals surface area contributed by atoms with E-state index < -0.39 is 5.91 Å². The Balaban J connectivity index is 1.77. The van der Waals surface area contributed by atoms with Crippen LogP contribution in [0.5, 0.6) is 0 Å². The van der Waals surface area contributed by atoms with Crippen LogP contribution in [0.25, 0.3) is 6.08 Å². The van der Waals surface area contributed by atoms with Gasteiger partial charge < -0.3 is 11.1 Å². The third-order valence-electron chi connectivity index (χ3n) is 6.00. The average molecular weight is 425 g/mol. The van der Waals surface area contributed by atoms with Crippen molar-refractivity contribution < 1.29 is 9.59 Å². The second-order valence-corrected chi connectivity index (χ2v) is 10.6. The minimum atomic E-state index is -0.467. The summed E-state index contributed by atoms with van der Waals surface area (Å²) in [7, 11) is 0. The Morgan fingerprint density at radius 2 is 1.87 bits per heavy atom. The van der Waals surface area contributed by atoms with E-state index in [0.717, 1.165) is 30.4 Å². The number of nitrogens with two attached hydrogens (primary N) is 1. The highest BCUT2D eigenvalue weighted by molar-refractivity contribution is 7.17. The molecule has 1 aliphatic carbocycles. The molecule has 1 atom stereocenters. The van der Waals surface area contributed by atoms with Crippen molar-refractivity contribution in [3.63, 3.8) is 0 Å². The number of carbonyl (C=O) groups is 2. The molecule has 1 aromatic heterocycles. The minimum Gasteiger partial charge on any atom is -0.365 e. The van der Waals surface area contributed by atoms with Gasteiger partial charge in [0.25, 0.3) is 5.91 Å². The van der Waals surface area contributed by atoms with Crippen molar-refractivity contribution in [2.45, 2.75) is 59.8 Å². The molecule has 5 heteroatoms. The van der Waals surface area contributed by atoms with Crippen molar-refractivity contribution in [2.75, 3.05) is 5.32 Å². The lowest BCUT2D eigenvalue weighted by atomic mass is 9.72. The SMILES string of the molecule is CC(C)c1ccc(C=CC(=O)Nc2sc3c(c2C(N)=O)CCC(C(C)(C)C)C3)cc1. The summed E-state index contributed by atoms with van der Waals surface area (Å²) in [6.07, 6.45) is 6.09. The highest BCUT2D eigenvalue weighted by Gasteiger charge is 2.33. The van der Waals surface area contributed by atoms with E-state index in [2.05, 4.69) is 52.1 Å². The Morgan fingerprint density at radius 1 is 1.20 bits per heavy atom. The van der Waals surface area contributed by atoms with Crippen LogP contribution >= 0.6 is 11.3 Å². The molecule has 0 saturated carbocycles. The molecule has 0 spiro atoms. The molecule has 0 aliphatic heterocycles. The first-order valence-corrected chi connectivity index (χ1v) is 11.4. The van der Waals surface area contributed by atoms with E-state index in [0.29, 0.717) is 22.4 Å². The van der Waals surface area contributed by atoms with Crippen molar-refractivity contribution in [1.29, 1.82) is 0 Å². The third-order valence-corrected chi connectivity index (χ3v) is 7.17. The largest absolute Gasteiger partial charge is 0.365 e. The van der Waals surface area contributed by atoms with Gasteiger partial charge in [0.05, 0.1) is 5.56 Å². The second kappa shape index (κ2) is 8.76. The van der Waals surface area contributed by atoms with E-state index in [1.807, 2.05) is 12.1 Å². The zero-order chi connectivity index (χ0) is 22.1. The van der Waals surface area contributed by atoms with E-state index in [9.17, 15) is 9.59 Å². The van der Waals surface area contributed by atoms with Crippen LogP contribution in [0.4, 0.5) is 5.00 Å². The van der Waals surface area contributed by atoms with Gasteiger partial charge in [0, 0.05) is 11.0 Å². The lowest BCUT2D eigenvalue weighted by molar-refractivity contribution is -0.111. The Kier molecular flexibility index (Phi) is 6.51. The number of hydrogen-bond acceptors (Lipinski definition) is 3. The normalized spacial score (nSPS) is 16.7. The monoisotopic (exact) mass is 424 g/mol. The van der Waals surface area contributed by atoms with E-state index >= 15 is 0 Å². The maximum absolute atomic E-state index is 12.5. The van der Waals surface area contributed by atoms with Crippen molar-refractivity contribution in [1.82, 2.24) is 0 Å². The summed E-state index contributed by atoms with van der Waals surface area (Å²) in [6, 6.07) is 8.16. The predicted molar refractivity (Wildman–Crippen MR) is 126 cm³/mol. The van der Waals surface area contributed by atoms with Crippen LogP contribution in [-0.2, 0) is 17.6 Å². The highest BCUT2D eigenvalue weighted by atomic mass is 32.1. The first-order chi connectivity index (χ1) is 14.1. The molecule has 4 nitrogen and oxygen atoms in total. The summed E-state index contributed by atoms with van der Waals surface area (Å²) in [5, 5.41) is 3.47. The van der Waals surface area contributed by atoms with Crippen LogP contribution in [0.3, 0.4) is 0 Å². The van der Waals surface area contributed by atoms with Crippen LogP contribution in [0, 0.1) is 11.3 Å². The zero-order valence-electron chi connectivity index (χ0n) is 18.5. The molecule has 1 aliphatic rings. The quantitative estimate of drug-likeness (QED) is 0.598. The van der Waals surface area contributed by atoms with Gasteiger partial charge in [-0.3, -0.25) is 9.59 Å². The molecule has 30 heavy (non-hydrogen) atoms. The summed E-state index contributed by atoms with van der Waals surface area (Å²) in [6.45, 7) is 11.1. The molecule has 1 heterocycles. The van der Waals surface area contributed by atoms with Gasteiger partial charge in [0.2, 0.25) is 5.91 Å². The maximum atomic E-state index is 12.5. The smallest absolute Gasteiger partial charge is 0.251 e.